The van der Waals surface area contributed by atoms with Gasteiger partial charge in [-0.25, -0.2) is 0 Å². The summed E-state index contributed by atoms with van der Waals surface area (Å²) < 4.78 is 5.39. The molecule has 2 amide bonds. The molecular formula is C20H23N3O3. The minimum absolute atomic E-state index is 0.0415. The fourth-order valence-corrected chi connectivity index (χ4v) is 3.59. The molecule has 0 atom stereocenters. The molecule has 3 heterocycles. The summed E-state index contributed by atoms with van der Waals surface area (Å²) in [5.41, 5.74) is 2.48. The lowest BCUT2D eigenvalue weighted by atomic mass is 10.1. The van der Waals surface area contributed by atoms with Gasteiger partial charge in [0.1, 0.15) is 0 Å². The highest BCUT2D eigenvalue weighted by Crippen LogP contribution is 2.27. The Labute approximate surface area is 153 Å². The predicted octanol–water partition coefficient (Wildman–Crippen LogP) is 2.28. The summed E-state index contributed by atoms with van der Waals surface area (Å²) in [4.78, 5) is 30.6. The number of hydrogen-bond donors (Lipinski definition) is 0. The van der Waals surface area contributed by atoms with Crippen LogP contribution >= 0.6 is 0 Å². The van der Waals surface area contributed by atoms with Crippen LogP contribution in [0.4, 0.5) is 11.4 Å². The third kappa shape index (κ3) is 3.24. The van der Waals surface area contributed by atoms with E-state index in [2.05, 4.69) is 4.90 Å². The van der Waals surface area contributed by atoms with Gasteiger partial charge >= 0.3 is 0 Å². The van der Waals surface area contributed by atoms with E-state index in [4.69, 9.17) is 4.74 Å². The molecule has 0 spiro atoms. The van der Waals surface area contributed by atoms with E-state index >= 15 is 0 Å². The minimum Gasteiger partial charge on any atom is -0.378 e. The first-order chi connectivity index (χ1) is 12.7. The standard InChI is InChI=1S/C20H23N3O3/c24-19-5-1-2-10-22(19)16-6-8-17(9-7-16)23-11-3-4-18(20(23)25)21-12-14-26-15-13-21/h2,4,6-10H,1,3,5,11-15H2. The Hall–Kier alpha value is -2.60. The first kappa shape index (κ1) is 16.8. The molecule has 0 radical (unpaired) electrons. The number of ether oxygens (including phenoxy) is 1. The van der Waals surface area contributed by atoms with E-state index in [1.807, 2.05) is 47.5 Å². The Kier molecular flexibility index (Phi) is 4.75. The smallest absolute Gasteiger partial charge is 0.274 e. The van der Waals surface area contributed by atoms with Gasteiger partial charge < -0.3 is 14.5 Å². The quantitative estimate of drug-likeness (QED) is 0.837. The van der Waals surface area contributed by atoms with Gasteiger partial charge in [0.25, 0.3) is 5.91 Å². The van der Waals surface area contributed by atoms with Crippen LogP contribution in [0.2, 0.25) is 0 Å². The van der Waals surface area contributed by atoms with E-state index in [1.54, 1.807) is 4.90 Å². The molecule has 6 nitrogen and oxygen atoms in total. The number of carbonyl (C=O) groups is 2. The fraction of sp³-hybridized carbons (Fsp3) is 0.400. The van der Waals surface area contributed by atoms with Gasteiger partial charge in [0.05, 0.1) is 18.9 Å². The van der Waals surface area contributed by atoms with Crippen molar-refractivity contribution in [3.8, 4) is 0 Å². The van der Waals surface area contributed by atoms with Gasteiger partial charge in [-0.15, -0.1) is 0 Å². The lowest BCUT2D eigenvalue weighted by Crippen LogP contribution is -2.45. The molecule has 0 unspecified atom stereocenters. The second-order valence-corrected chi connectivity index (χ2v) is 6.64. The van der Waals surface area contributed by atoms with Crippen LogP contribution in [-0.4, -0.2) is 49.6 Å². The highest BCUT2D eigenvalue weighted by molar-refractivity contribution is 6.06. The zero-order valence-corrected chi connectivity index (χ0v) is 14.8. The van der Waals surface area contributed by atoms with E-state index < -0.39 is 0 Å². The molecule has 0 N–H and O–H groups in total. The van der Waals surface area contributed by atoms with Crippen LogP contribution in [0.15, 0.2) is 48.3 Å². The van der Waals surface area contributed by atoms with Gasteiger partial charge in [0.15, 0.2) is 0 Å². The molecule has 136 valence electrons. The van der Waals surface area contributed by atoms with E-state index in [-0.39, 0.29) is 11.8 Å². The molecule has 1 saturated heterocycles. The van der Waals surface area contributed by atoms with Crippen molar-refractivity contribution < 1.29 is 14.3 Å². The van der Waals surface area contributed by atoms with Crippen LogP contribution in [0.1, 0.15) is 19.3 Å². The first-order valence-corrected chi connectivity index (χ1v) is 9.17. The number of nitrogens with zero attached hydrogens (tertiary/aromatic N) is 3. The molecule has 0 aliphatic carbocycles. The summed E-state index contributed by atoms with van der Waals surface area (Å²) in [5.74, 6) is 0.145. The summed E-state index contributed by atoms with van der Waals surface area (Å²) in [6.07, 6.45) is 8.04. The minimum atomic E-state index is 0.0415. The number of rotatable bonds is 3. The molecule has 3 aliphatic heterocycles. The average molecular weight is 353 g/mol. The Morgan fingerprint density at radius 1 is 0.885 bits per heavy atom. The number of carbonyl (C=O) groups excluding carboxylic acids is 2. The zero-order chi connectivity index (χ0) is 17.9. The molecule has 1 fully saturated rings. The number of hydrogen-bond acceptors (Lipinski definition) is 4. The van der Waals surface area contributed by atoms with E-state index in [0.29, 0.717) is 26.2 Å². The van der Waals surface area contributed by atoms with Crippen molar-refractivity contribution in [2.75, 3.05) is 42.6 Å². The van der Waals surface area contributed by atoms with Gasteiger partial charge in [-0.05, 0) is 37.1 Å². The van der Waals surface area contributed by atoms with Crippen molar-refractivity contribution >= 4 is 23.2 Å². The SMILES string of the molecule is O=C1CCC=CN1c1ccc(N2CCC=C(N3CCOCC3)C2=O)cc1. The van der Waals surface area contributed by atoms with Gasteiger partial charge in [-0.1, -0.05) is 12.2 Å². The monoisotopic (exact) mass is 353 g/mol. The maximum atomic E-state index is 13.0. The number of amides is 2. The molecule has 3 aliphatic rings. The van der Waals surface area contributed by atoms with E-state index in [9.17, 15) is 9.59 Å². The van der Waals surface area contributed by atoms with Gasteiger partial charge in [-0.3, -0.25) is 14.5 Å². The molecule has 0 aromatic heterocycles. The summed E-state index contributed by atoms with van der Waals surface area (Å²) in [6.45, 7) is 3.52. The highest BCUT2D eigenvalue weighted by atomic mass is 16.5. The Balaban J connectivity index is 1.51. The highest BCUT2D eigenvalue weighted by Gasteiger charge is 2.28. The van der Waals surface area contributed by atoms with Crippen molar-refractivity contribution in [3.63, 3.8) is 0 Å². The Morgan fingerprint density at radius 2 is 1.62 bits per heavy atom. The second-order valence-electron chi connectivity index (χ2n) is 6.64. The van der Waals surface area contributed by atoms with Crippen molar-refractivity contribution in [3.05, 3.63) is 48.3 Å². The lowest BCUT2D eigenvalue weighted by Gasteiger charge is -2.35. The van der Waals surface area contributed by atoms with Crippen LogP contribution < -0.4 is 9.80 Å². The maximum absolute atomic E-state index is 13.0. The predicted molar refractivity (Wildman–Crippen MR) is 99.7 cm³/mol. The molecule has 26 heavy (non-hydrogen) atoms. The third-order valence-corrected chi connectivity index (χ3v) is 4.99. The molecule has 4 rings (SSSR count). The number of allylic oxidation sites excluding steroid dienone is 1. The average Bonchev–Trinajstić information content (AvgIpc) is 2.69. The topological polar surface area (TPSA) is 53.1 Å². The van der Waals surface area contributed by atoms with Crippen molar-refractivity contribution in [1.82, 2.24) is 4.90 Å². The molecule has 0 saturated carbocycles. The van der Waals surface area contributed by atoms with Crippen molar-refractivity contribution in [2.24, 2.45) is 0 Å². The Morgan fingerprint density at radius 3 is 2.35 bits per heavy atom. The zero-order valence-electron chi connectivity index (χ0n) is 14.8. The van der Waals surface area contributed by atoms with E-state index in [0.717, 1.165) is 43.0 Å². The maximum Gasteiger partial charge on any atom is 0.274 e. The van der Waals surface area contributed by atoms with Gasteiger partial charge in [-0.2, -0.15) is 0 Å². The van der Waals surface area contributed by atoms with Crippen LogP contribution in [0, 0.1) is 0 Å². The molecule has 0 bridgehead atoms. The first-order valence-electron chi connectivity index (χ1n) is 9.17. The second kappa shape index (κ2) is 7.33. The summed E-state index contributed by atoms with van der Waals surface area (Å²) in [7, 11) is 0. The summed E-state index contributed by atoms with van der Waals surface area (Å²) in [5, 5.41) is 0. The fourth-order valence-electron chi connectivity index (χ4n) is 3.59. The number of benzene rings is 1. The largest absolute Gasteiger partial charge is 0.378 e. The van der Waals surface area contributed by atoms with Crippen LogP contribution in [-0.2, 0) is 14.3 Å². The third-order valence-electron chi connectivity index (χ3n) is 4.99. The number of anilines is 2. The van der Waals surface area contributed by atoms with Crippen LogP contribution in [0.3, 0.4) is 0 Å². The van der Waals surface area contributed by atoms with Gasteiger partial charge in [0, 0.05) is 43.6 Å². The number of morpholine rings is 1. The molecule has 1 aromatic carbocycles. The van der Waals surface area contributed by atoms with Gasteiger partial charge in [0.2, 0.25) is 5.91 Å². The normalized spacial score (nSPS) is 21.2. The van der Waals surface area contributed by atoms with E-state index in [1.165, 1.54) is 0 Å². The Bertz CT molecular complexity index is 748. The lowest BCUT2D eigenvalue weighted by molar-refractivity contribution is -0.118. The van der Waals surface area contributed by atoms with Crippen molar-refractivity contribution in [1.29, 1.82) is 0 Å². The molecule has 1 aromatic rings. The summed E-state index contributed by atoms with van der Waals surface area (Å²) in [6, 6.07) is 7.65. The molecular weight excluding hydrogens is 330 g/mol. The van der Waals surface area contributed by atoms with Crippen LogP contribution in [0.25, 0.3) is 0 Å². The summed E-state index contributed by atoms with van der Waals surface area (Å²) >= 11 is 0. The van der Waals surface area contributed by atoms with Crippen LogP contribution in [0.5, 0.6) is 0 Å². The van der Waals surface area contributed by atoms with Crippen molar-refractivity contribution in [2.45, 2.75) is 19.3 Å². The molecule has 6 heteroatoms.